The van der Waals surface area contributed by atoms with Gasteiger partial charge in [0.15, 0.2) is 0 Å². The number of hydrogen-bond donors (Lipinski definition) is 2. The fourth-order valence-electron chi connectivity index (χ4n) is 3.33. The van der Waals surface area contributed by atoms with Gasteiger partial charge in [-0.2, -0.15) is 0 Å². The number of ether oxygens (including phenoxy) is 1. The predicted octanol–water partition coefficient (Wildman–Crippen LogP) is 4.24. The third kappa shape index (κ3) is 6.84. The highest BCUT2D eigenvalue weighted by molar-refractivity contribution is 6.00. The molecule has 2 aromatic rings. The normalized spacial score (nSPS) is 11.7. The molecule has 0 fully saturated rings. The standard InChI is InChI=1S/C26H31N3O4/c1-8-29(21(30)16-27-25(32)33-26(5,6)7)23(20-15-10-9-12-17(20)2)24(31)28-22-18(3)13-11-14-19(22)4/h1,9-15,23H,16H2,2-7H3,(H,27,32)(H,28,31). The molecule has 174 valence electrons. The first kappa shape index (κ1) is 25.5. The summed E-state index contributed by atoms with van der Waals surface area (Å²) < 4.78 is 5.17. The van der Waals surface area contributed by atoms with Gasteiger partial charge in [-0.3, -0.25) is 14.5 Å². The van der Waals surface area contributed by atoms with Gasteiger partial charge < -0.3 is 15.4 Å². The molecule has 0 saturated heterocycles. The quantitative estimate of drug-likeness (QED) is 0.510. The number of aryl methyl sites for hydroxylation is 3. The summed E-state index contributed by atoms with van der Waals surface area (Å²) in [5.41, 5.74) is 3.11. The molecule has 2 N–H and O–H groups in total. The van der Waals surface area contributed by atoms with Gasteiger partial charge in [-0.15, -0.1) is 0 Å². The van der Waals surface area contributed by atoms with E-state index in [9.17, 15) is 14.4 Å². The van der Waals surface area contributed by atoms with Crippen molar-refractivity contribution in [2.24, 2.45) is 0 Å². The minimum absolute atomic E-state index is 0.418. The number of terminal acetylenes is 1. The lowest BCUT2D eigenvalue weighted by atomic mass is 9.98. The molecule has 2 aromatic carbocycles. The number of rotatable bonds is 6. The van der Waals surface area contributed by atoms with Crippen LogP contribution in [0.15, 0.2) is 42.5 Å². The summed E-state index contributed by atoms with van der Waals surface area (Å²) in [7, 11) is 0. The van der Waals surface area contributed by atoms with Crippen molar-refractivity contribution in [2.45, 2.75) is 53.2 Å². The van der Waals surface area contributed by atoms with Crippen molar-refractivity contribution in [1.29, 1.82) is 0 Å². The molecule has 0 aliphatic carbocycles. The Hall–Kier alpha value is -3.79. The van der Waals surface area contributed by atoms with E-state index >= 15 is 0 Å². The predicted molar refractivity (Wildman–Crippen MR) is 128 cm³/mol. The maximum Gasteiger partial charge on any atom is 0.408 e. The van der Waals surface area contributed by atoms with Crippen molar-refractivity contribution in [2.75, 3.05) is 11.9 Å². The first-order valence-corrected chi connectivity index (χ1v) is 10.6. The lowest BCUT2D eigenvalue weighted by molar-refractivity contribution is -0.134. The SMILES string of the molecule is C#CN(C(=O)CNC(=O)OC(C)(C)C)C(C(=O)Nc1c(C)cccc1C)c1ccccc1C. The number of alkyl carbamates (subject to hydrolysis) is 1. The van der Waals surface area contributed by atoms with Crippen molar-refractivity contribution in [3.63, 3.8) is 0 Å². The molecule has 2 rings (SSSR count). The van der Waals surface area contributed by atoms with Gasteiger partial charge in [-0.05, 0) is 63.8 Å². The van der Waals surface area contributed by atoms with E-state index in [1.54, 1.807) is 32.9 Å². The Labute approximate surface area is 195 Å². The number of carbonyl (C=O) groups excluding carboxylic acids is 3. The smallest absolute Gasteiger partial charge is 0.408 e. The van der Waals surface area contributed by atoms with Crippen molar-refractivity contribution < 1.29 is 19.1 Å². The van der Waals surface area contributed by atoms with Crippen LogP contribution in [0.1, 0.15) is 49.1 Å². The summed E-state index contributed by atoms with van der Waals surface area (Å²) in [6, 6.07) is 14.1. The van der Waals surface area contributed by atoms with Crippen molar-refractivity contribution in [3.8, 4) is 12.5 Å². The zero-order chi connectivity index (χ0) is 24.8. The lowest BCUT2D eigenvalue weighted by Gasteiger charge is -2.28. The Morgan fingerprint density at radius 1 is 1.00 bits per heavy atom. The third-order valence-electron chi connectivity index (χ3n) is 4.91. The molecule has 0 radical (unpaired) electrons. The zero-order valence-electron chi connectivity index (χ0n) is 20.0. The van der Waals surface area contributed by atoms with Crippen molar-refractivity contribution in [1.82, 2.24) is 10.2 Å². The van der Waals surface area contributed by atoms with Gasteiger partial charge in [-0.1, -0.05) is 48.9 Å². The van der Waals surface area contributed by atoms with Crippen molar-refractivity contribution >= 4 is 23.6 Å². The molecule has 1 atom stereocenters. The van der Waals surface area contributed by atoms with E-state index in [2.05, 4.69) is 16.7 Å². The van der Waals surface area contributed by atoms with Gasteiger partial charge in [0, 0.05) is 11.7 Å². The van der Waals surface area contributed by atoms with Gasteiger partial charge in [0.1, 0.15) is 18.2 Å². The molecule has 7 heteroatoms. The highest BCUT2D eigenvalue weighted by atomic mass is 16.6. The summed E-state index contributed by atoms with van der Waals surface area (Å²) in [6.07, 6.45) is 4.94. The average Bonchev–Trinajstić information content (AvgIpc) is 2.72. The molecule has 0 heterocycles. The Morgan fingerprint density at radius 2 is 1.58 bits per heavy atom. The summed E-state index contributed by atoms with van der Waals surface area (Å²) >= 11 is 0. The van der Waals surface area contributed by atoms with E-state index in [1.165, 1.54) is 0 Å². The summed E-state index contributed by atoms with van der Waals surface area (Å²) in [5, 5.41) is 5.33. The molecule has 33 heavy (non-hydrogen) atoms. The molecule has 7 nitrogen and oxygen atoms in total. The fourth-order valence-corrected chi connectivity index (χ4v) is 3.33. The van der Waals surface area contributed by atoms with Crippen LogP contribution in [0.25, 0.3) is 0 Å². The summed E-state index contributed by atoms with van der Waals surface area (Å²) in [4.78, 5) is 39.5. The van der Waals surface area contributed by atoms with E-state index in [-0.39, 0.29) is 0 Å². The van der Waals surface area contributed by atoms with Crippen LogP contribution < -0.4 is 10.6 Å². The van der Waals surface area contributed by atoms with Gasteiger partial charge in [0.2, 0.25) is 0 Å². The van der Waals surface area contributed by atoms with Crippen molar-refractivity contribution in [3.05, 3.63) is 64.7 Å². The number of amides is 3. The zero-order valence-corrected chi connectivity index (χ0v) is 20.0. The minimum Gasteiger partial charge on any atom is -0.444 e. The second-order valence-corrected chi connectivity index (χ2v) is 8.76. The molecule has 0 saturated carbocycles. The number of hydrogen-bond acceptors (Lipinski definition) is 4. The first-order valence-electron chi connectivity index (χ1n) is 10.6. The fraction of sp³-hybridized carbons (Fsp3) is 0.346. The number of nitrogens with zero attached hydrogens (tertiary/aromatic N) is 1. The number of para-hydroxylation sites is 1. The maximum absolute atomic E-state index is 13.5. The number of carbonyl (C=O) groups is 3. The Balaban J connectivity index is 2.35. The maximum atomic E-state index is 13.5. The molecule has 3 amide bonds. The van der Waals surface area contributed by atoms with Crippen LogP contribution in [0.4, 0.5) is 10.5 Å². The highest BCUT2D eigenvalue weighted by Gasteiger charge is 2.32. The Bertz CT molecular complexity index is 1060. The van der Waals surface area contributed by atoms with Gasteiger partial charge in [0.05, 0.1) is 0 Å². The van der Waals surface area contributed by atoms with Crippen LogP contribution in [0.5, 0.6) is 0 Å². The van der Waals surface area contributed by atoms with E-state index in [4.69, 9.17) is 11.2 Å². The summed E-state index contributed by atoms with van der Waals surface area (Å²) in [6.45, 7) is 10.3. The first-order chi connectivity index (χ1) is 15.4. The van der Waals surface area contributed by atoms with Gasteiger partial charge >= 0.3 is 6.09 Å². The second-order valence-electron chi connectivity index (χ2n) is 8.76. The van der Waals surface area contributed by atoms with E-state index in [0.717, 1.165) is 21.6 Å². The largest absolute Gasteiger partial charge is 0.444 e. The van der Waals surface area contributed by atoms with Crippen LogP contribution in [0.2, 0.25) is 0 Å². The molecule has 0 aliphatic heterocycles. The van der Waals surface area contributed by atoms with Crippen LogP contribution in [-0.4, -0.2) is 35.0 Å². The van der Waals surface area contributed by atoms with Gasteiger partial charge in [0.25, 0.3) is 11.8 Å². The molecular formula is C26H31N3O4. The van der Waals surface area contributed by atoms with E-state index in [1.807, 2.05) is 51.1 Å². The molecular weight excluding hydrogens is 418 g/mol. The van der Waals surface area contributed by atoms with Crippen LogP contribution in [0, 0.1) is 33.2 Å². The van der Waals surface area contributed by atoms with Crippen LogP contribution in [-0.2, 0) is 14.3 Å². The molecule has 0 bridgehead atoms. The number of benzene rings is 2. The van der Waals surface area contributed by atoms with E-state index in [0.29, 0.717) is 11.3 Å². The molecule has 1 unspecified atom stereocenters. The molecule has 0 aliphatic rings. The monoisotopic (exact) mass is 449 g/mol. The third-order valence-corrected chi connectivity index (χ3v) is 4.91. The Kier molecular flexibility index (Phi) is 8.25. The number of nitrogens with one attached hydrogen (secondary N) is 2. The van der Waals surface area contributed by atoms with Crippen LogP contribution in [0.3, 0.4) is 0 Å². The highest BCUT2D eigenvalue weighted by Crippen LogP contribution is 2.27. The number of anilines is 1. The van der Waals surface area contributed by atoms with Gasteiger partial charge in [-0.25, -0.2) is 4.79 Å². The van der Waals surface area contributed by atoms with Crippen LogP contribution >= 0.6 is 0 Å². The Morgan fingerprint density at radius 3 is 2.12 bits per heavy atom. The topological polar surface area (TPSA) is 87.7 Å². The minimum atomic E-state index is -1.09. The van der Waals surface area contributed by atoms with E-state index < -0.39 is 36.1 Å². The lowest BCUT2D eigenvalue weighted by Crippen LogP contribution is -2.44. The summed E-state index contributed by atoms with van der Waals surface area (Å²) in [5.74, 6) is -1.07. The molecule has 0 spiro atoms. The molecule has 0 aromatic heterocycles. The average molecular weight is 450 g/mol. The second kappa shape index (κ2) is 10.7.